The molecular formula is C18H19F3N2O2. The Morgan fingerprint density at radius 2 is 1.80 bits per heavy atom. The predicted octanol–water partition coefficient (Wildman–Crippen LogP) is 3.12. The third-order valence-electron chi connectivity index (χ3n) is 3.60. The lowest BCUT2D eigenvalue weighted by Crippen LogP contribution is -2.48. The van der Waals surface area contributed by atoms with E-state index < -0.39 is 18.3 Å². The second kappa shape index (κ2) is 7.57. The van der Waals surface area contributed by atoms with Crippen LogP contribution in [0.4, 0.5) is 13.2 Å². The smallest absolute Gasteiger partial charge is 0.422 e. The van der Waals surface area contributed by atoms with Gasteiger partial charge < -0.3 is 15.8 Å². The van der Waals surface area contributed by atoms with Gasteiger partial charge in [-0.3, -0.25) is 4.79 Å². The van der Waals surface area contributed by atoms with E-state index in [9.17, 15) is 18.0 Å². The molecule has 0 spiro atoms. The zero-order chi connectivity index (χ0) is 18.5. The number of nitrogens with two attached hydrogens (primary N) is 1. The first-order valence-corrected chi connectivity index (χ1v) is 7.60. The lowest BCUT2D eigenvalue weighted by molar-refractivity contribution is -0.153. The van der Waals surface area contributed by atoms with Crippen LogP contribution in [-0.4, -0.2) is 18.7 Å². The molecule has 0 radical (unpaired) electrons. The molecule has 0 fully saturated rings. The van der Waals surface area contributed by atoms with E-state index in [4.69, 9.17) is 10.5 Å². The summed E-state index contributed by atoms with van der Waals surface area (Å²) in [5, 5.41) is 2.70. The minimum atomic E-state index is -4.40. The highest BCUT2D eigenvalue weighted by atomic mass is 19.4. The summed E-state index contributed by atoms with van der Waals surface area (Å²) in [6, 6.07) is 15.0. The minimum Gasteiger partial charge on any atom is -0.484 e. The van der Waals surface area contributed by atoms with Crippen LogP contribution in [0.5, 0.6) is 5.75 Å². The van der Waals surface area contributed by atoms with Gasteiger partial charge in [0, 0.05) is 6.54 Å². The van der Waals surface area contributed by atoms with Crippen molar-refractivity contribution in [1.29, 1.82) is 0 Å². The van der Waals surface area contributed by atoms with Crippen LogP contribution in [0.1, 0.15) is 18.1 Å². The Labute approximate surface area is 143 Å². The van der Waals surface area contributed by atoms with E-state index >= 15 is 0 Å². The maximum absolute atomic E-state index is 12.4. The van der Waals surface area contributed by atoms with Gasteiger partial charge in [-0.1, -0.05) is 42.5 Å². The number of alkyl halides is 3. The molecule has 2 aromatic carbocycles. The number of ether oxygens (including phenoxy) is 1. The molecule has 1 atom stereocenters. The third-order valence-corrected chi connectivity index (χ3v) is 3.60. The molecule has 1 amide bonds. The summed E-state index contributed by atoms with van der Waals surface area (Å²) in [5.74, 6) is -0.303. The largest absolute Gasteiger partial charge is 0.484 e. The monoisotopic (exact) mass is 352 g/mol. The fourth-order valence-corrected chi connectivity index (χ4v) is 2.19. The van der Waals surface area contributed by atoms with E-state index in [1.54, 1.807) is 43.3 Å². The number of halogens is 3. The Morgan fingerprint density at radius 3 is 2.44 bits per heavy atom. The van der Waals surface area contributed by atoms with Crippen LogP contribution in [-0.2, 0) is 16.9 Å². The summed E-state index contributed by atoms with van der Waals surface area (Å²) in [5.41, 5.74) is 6.16. The first-order chi connectivity index (χ1) is 11.7. The number of hydrogen-bond donors (Lipinski definition) is 2. The fraction of sp³-hybridized carbons (Fsp3) is 0.278. The van der Waals surface area contributed by atoms with Crippen molar-refractivity contribution >= 4 is 5.91 Å². The molecule has 0 heterocycles. The second-order valence-electron chi connectivity index (χ2n) is 5.80. The van der Waals surface area contributed by atoms with E-state index in [1.165, 1.54) is 12.1 Å². The Hall–Kier alpha value is -2.54. The fourth-order valence-electron chi connectivity index (χ4n) is 2.19. The highest BCUT2D eigenvalue weighted by Crippen LogP contribution is 2.20. The van der Waals surface area contributed by atoms with Crippen LogP contribution in [0.3, 0.4) is 0 Å². The normalized spacial score (nSPS) is 13.8. The molecule has 0 saturated heterocycles. The van der Waals surface area contributed by atoms with Gasteiger partial charge in [-0.05, 0) is 30.2 Å². The van der Waals surface area contributed by atoms with Crippen LogP contribution in [0.15, 0.2) is 54.6 Å². The Kier molecular flexibility index (Phi) is 5.69. The zero-order valence-corrected chi connectivity index (χ0v) is 13.6. The average molecular weight is 352 g/mol. The van der Waals surface area contributed by atoms with Crippen molar-refractivity contribution in [3.63, 3.8) is 0 Å². The van der Waals surface area contributed by atoms with Gasteiger partial charge in [0.15, 0.2) is 6.61 Å². The highest BCUT2D eigenvalue weighted by molar-refractivity contribution is 5.86. The van der Waals surface area contributed by atoms with Gasteiger partial charge in [0.05, 0.1) is 0 Å². The molecule has 25 heavy (non-hydrogen) atoms. The lowest BCUT2D eigenvalue weighted by Gasteiger charge is -2.24. The van der Waals surface area contributed by atoms with E-state index in [0.717, 1.165) is 0 Å². The van der Waals surface area contributed by atoms with E-state index in [2.05, 4.69) is 5.32 Å². The van der Waals surface area contributed by atoms with Crippen molar-refractivity contribution in [3.05, 3.63) is 65.7 Å². The molecule has 4 nitrogen and oxygen atoms in total. The molecule has 0 aliphatic heterocycles. The van der Waals surface area contributed by atoms with Crippen LogP contribution in [0, 0.1) is 0 Å². The van der Waals surface area contributed by atoms with Crippen molar-refractivity contribution in [2.75, 3.05) is 6.61 Å². The Morgan fingerprint density at radius 1 is 1.12 bits per heavy atom. The third kappa shape index (κ3) is 5.49. The number of carbonyl (C=O) groups is 1. The van der Waals surface area contributed by atoms with Crippen molar-refractivity contribution in [2.45, 2.75) is 25.2 Å². The molecule has 0 aromatic heterocycles. The molecule has 134 valence electrons. The van der Waals surface area contributed by atoms with Gasteiger partial charge >= 0.3 is 6.18 Å². The van der Waals surface area contributed by atoms with Crippen LogP contribution in [0.25, 0.3) is 0 Å². The number of amides is 1. The van der Waals surface area contributed by atoms with Gasteiger partial charge in [0.2, 0.25) is 5.91 Å². The predicted molar refractivity (Wildman–Crippen MR) is 87.8 cm³/mol. The summed E-state index contributed by atoms with van der Waals surface area (Å²) in [4.78, 5) is 12.4. The molecule has 0 bridgehead atoms. The van der Waals surface area contributed by atoms with E-state index in [0.29, 0.717) is 11.1 Å². The number of benzene rings is 2. The standard InChI is InChI=1S/C18H19F3N2O2/c1-17(22,14-7-3-2-4-8-14)16(24)23-11-13-6-5-9-15(10-13)25-12-18(19,20)21/h2-10H,11-12,22H2,1H3,(H,23,24). The van der Waals surface area contributed by atoms with Gasteiger partial charge in [0.1, 0.15) is 11.3 Å². The first-order valence-electron chi connectivity index (χ1n) is 7.60. The maximum atomic E-state index is 12.4. The Balaban J connectivity index is 1.98. The molecule has 0 saturated carbocycles. The Bertz CT molecular complexity index is 716. The number of hydrogen-bond acceptors (Lipinski definition) is 3. The summed E-state index contributed by atoms with van der Waals surface area (Å²) in [6.45, 7) is 0.361. The van der Waals surface area contributed by atoms with Crippen LogP contribution < -0.4 is 15.8 Å². The molecule has 2 rings (SSSR count). The number of nitrogens with one attached hydrogen (secondary N) is 1. The zero-order valence-electron chi connectivity index (χ0n) is 13.6. The maximum Gasteiger partial charge on any atom is 0.422 e. The average Bonchev–Trinajstić information content (AvgIpc) is 2.58. The highest BCUT2D eigenvalue weighted by Gasteiger charge is 2.30. The van der Waals surface area contributed by atoms with Crippen molar-refractivity contribution in [2.24, 2.45) is 5.73 Å². The first kappa shape index (κ1) is 18.8. The van der Waals surface area contributed by atoms with Gasteiger partial charge in [-0.2, -0.15) is 13.2 Å². The quantitative estimate of drug-likeness (QED) is 0.840. The minimum absolute atomic E-state index is 0.0858. The van der Waals surface area contributed by atoms with Crippen molar-refractivity contribution in [3.8, 4) is 5.75 Å². The van der Waals surface area contributed by atoms with Crippen molar-refractivity contribution in [1.82, 2.24) is 5.32 Å². The molecule has 2 aromatic rings. The van der Waals surface area contributed by atoms with Gasteiger partial charge in [0.25, 0.3) is 0 Å². The lowest BCUT2D eigenvalue weighted by atomic mass is 9.92. The van der Waals surface area contributed by atoms with Crippen LogP contribution in [0.2, 0.25) is 0 Å². The van der Waals surface area contributed by atoms with E-state index in [-0.39, 0.29) is 18.2 Å². The topological polar surface area (TPSA) is 64.4 Å². The summed E-state index contributed by atoms with van der Waals surface area (Å²) in [7, 11) is 0. The molecule has 0 aliphatic rings. The summed E-state index contributed by atoms with van der Waals surface area (Å²) in [6.07, 6.45) is -4.40. The van der Waals surface area contributed by atoms with Gasteiger partial charge in [-0.25, -0.2) is 0 Å². The molecule has 7 heteroatoms. The summed E-state index contributed by atoms with van der Waals surface area (Å²) >= 11 is 0. The van der Waals surface area contributed by atoms with Crippen molar-refractivity contribution < 1.29 is 22.7 Å². The molecule has 0 aliphatic carbocycles. The van der Waals surface area contributed by atoms with E-state index in [1.807, 2.05) is 6.07 Å². The molecule has 3 N–H and O–H groups in total. The van der Waals surface area contributed by atoms with Crippen LogP contribution >= 0.6 is 0 Å². The number of carbonyl (C=O) groups excluding carboxylic acids is 1. The molecule has 1 unspecified atom stereocenters. The second-order valence-corrected chi connectivity index (χ2v) is 5.80. The SMILES string of the molecule is CC(N)(C(=O)NCc1cccc(OCC(F)(F)F)c1)c1ccccc1. The van der Waals surface area contributed by atoms with Gasteiger partial charge in [-0.15, -0.1) is 0 Å². The molecular weight excluding hydrogens is 333 g/mol. The summed E-state index contributed by atoms with van der Waals surface area (Å²) < 4.78 is 41.3. The number of rotatable bonds is 6.